The minimum absolute atomic E-state index is 0.0133. The molecule has 17 heavy (non-hydrogen) atoms. The summed E-state index contributed by atoms with van der Waals surface area (Å²) in [6.07, 6.45) is 0. The van der Waals surface area contributed by atoms with E-state index in [1.54, 1.807) is 18.2 Å². The Labute approximate surface area is 101 Å². The number of primary amides is 1. The van der Waals surface area contributed by atoms with E-state index in [0.29, 0.717) is 16.4 Å². The van der Waals surface area contributed by atoms with Crippen LogP contribution >= 0.6 is 11.6 Å². The SMILES string of the molecule is NC(=O)c1n[nH]nc1Nc1ccc(Cl)cc1N. The van der Waals surface area contributed by atoms with Gasteiger partial charge < -0.3 is 16.8 Å². The Morgan fingerprint density at radius 3 is 2.82 bits per heavy atom. The van der Waals surface area contributed by atoms with Crippen LogP contribution in [0.5, 0.6) is 0 Å². The van der Waals surface area contributed by atoms with Crippen molar-refractivity contribution in [2.24, 2.45) is 5.73 Å². The van der Waals surface area contributed by atoms with Crippen LogP contribution in [0.2, 0.25) is 5.02 Å². The first-order chi connectivity index (χ1) is 8.08. The molecule has 0 radical (unpaired) electrons. The molecule has 0 aliphatic carbocycles. The second-order valence-electron chi connectivity index (χ2n) is 3.24. The third kappa shape index (κ3) is 2.28. The first kappa shape index (κ1) is 11.2. The fraction of sp³-hybridized carbons (Fsp3) is 0. The van der Waals surface area contributed by atoms with Crippen LogP contribution in [-0.2, 0) is 0 Å². The summed E-state index contributed by atoms with van der Waals surface area (Å²) in [5, 5.41) is 13.0. The van der Waals surface area contributed by atoms with Crippen molar-refractivity contribution in [3.63, 3.8) is 0 Å². The van der Waals surface area contributed by atoms with Crippen LogP contribution in [0, 0.1) is 0 Å². The van der Waals surface area contributed by atoms with E-state index in [2.05, 4.69) is 20.7 Å². The van der Waals surface area contributed by atoms with Gasteiger partial charge in [-0.1, -0.05) is 11.6 Å². The Hall–Kier alpha value is -2.28. The highest BCUT2D eigenvalue weighted by molar-refractivity contribution is 6.31. The van der Waals surface area contributed by atoms with Gasteiger partial charge in [-0.25, -0.2) is 0 Å². The number of hydrogen-bond acceptors (Lipinski definition) is 5. The summed E-state index contributed by atoms with van der Waals surface area (Å²) >= 11 is 5.76. The van der Waals surface area contributed by atoms with Crippen molar-refractivity contribution in [1.82, 2.24) is 15.4 Å². The molecule has 1 aromatic carbocycles. The zero-order valence-corrected chi connectivity index (χ0v) is 9.32. The van der Waals surface area contributed by atoms with Gasteiger partial charge in [-0.3, -0.25) is 4.79 Å². The Bertz CT molecular complexity index is 566. The van der Waals surface area contributed by atoms with Gasteiger partial charge in [0.25, 0.3) is 5.91 Å². The second-order valence-corrected chi connectivity index (χ2v) is 3.68. The number of benzene rings is 1. The predicted molar refractivity (Wildman–Crippen MR) is 64.0 cm³/mol. The quantitative estimate of drug-likeness (QED) is 0.604. The zero-order valence-electron chi connectivity index (χ0n) is 8.57. The number of H-pyrrole nitrogens is 1. The molecule has 8 heteroatoms. The largest absolute Gasteiger partial charge is 0.397 e. The topological polar surface area (TPSA) is 123 Å². The van der Waals surface area contributed by atoms with Crippen LogP contribution in [0.3, 0.4) is 0 Å². The van der Waals surface area contributed by atoms with Crippen LogP contribution in [0.4, 0.5) is 17.2 Å². The number of nitrogens with one attached hydrogen (secondary N) is 2. The number of halogens is 1. The molecule has 0 spiro atoms. The fourth-order valence-electron chi connectivity index (χ4n) is 1.26. The molecule has 6 N–H and O–H groups in total. The average molecular weight is 253 g/mol. The average Bonchev–Trinajstić information content (AvgIpc) is 2.70. The highest BCUT2D eigenvalue weighted by Crippen LogP contribution is 2.25. The van der Waals surface area contributed by atoms with E-state index in [4.69, 9.17) is 23.1 Å². The number of amides is 1. The van der Waals surface area contributed by atoms with Crippen molar-refractivity contribution < 1.29 is 4.79 Å². The van der Waals surface area contributed by atoms with Gasteiger partial charge in [0.2, 0.25) is 0 Å². The van der Waals surface area contributed by atoms with Gasteiger partial charge in [-0.15, -0.1) is 10.2 Å². The van der Waals surface area contributed by atoms with E-state index in [0.717, 1.165) is 0 Å². The van der Waals surface area contributed by atoms with E-state index in [1.807, 2.05) is 0 Å². The molecular weight excluding hydrogens is 244 g/mol. The molecular formula is C9H9ClN6O. The van der Waals surface area contributed by atoms with Crippen LogP contribution in [0.15, 0.2) is 18.2 Å². The second kappa shape index (κ2) is 4.30. The number of carbonyl (C=O) groups excluding carboxylic acids is 1. The summed E-state index contributed by atoms with van der Waals surface area (Å²) in [6.45, 7) is 0. The minimum Gasteiger partial charge on any atom is -0.397 e. The number of aromatic amines is 1. The highest BCUT2D eigenvalue weighted by Gasteiger charge is 2.14. The fourth-order valence-corrected chi connectivity index (χ4v) is 1.45. The summed E-state index contributed by atoms with van der Waals surface area (Å²) in [4.78, 5) is 11.0. The van der Waals surface area contributed by atoms with Gasteiger partial charge in [0.1, 0.15) is 0 Å². The summed E-state index contributed by atoms with van der Waals surface area (Å²) in [5.41, 5.74) is 11.9. The molecule has 0 fully saturated rings. The third-order valence-electron chi connectivity index (χ3n) is 2.05. The number of hydrogen-bond donors (Lipinski definition) is 4. The number of carbonyl (C=O) groups is 1. The number of anilines is 3. The number of rotatable bonds is 3. The smallest absolute Gasteiger partial charge is 0.273 e. The monoisotopic (exact) mass is 252 g/mol. The van der Waals surface area contributed by atoms with Crippen molar-refractivity contribution in [2.75, 3.05) is 11.1 Å². The van der Waals surface area contributed by atoms with Gasteiger partial charge in [0.15, 0.2) is 11.5 Å². The van der Waals surface area contributed by atoms with Gasteiger partial charge in [0.05, 0.1) is 11.4 Å². The lowest BCUT2D eigenvalue weighted by molar-refractivity contribution is 0.0996. The molecule has 0 unspecified atom stereocenters. The maximum absolute atomic E-state index is 11.0. The first-order valence-electron chi connectivity index (χ1n) is 4.60. The molecule has 1 heterocycles. The Balaban J connectivity index is 2.31. The number of nitrogens with zero attached hydrogens (tertiary/aromatic N) is 2. The number of nitrogens with two attached hydrogens (primary N) is 2. The molecule has 0 bridgehead atoms. The molecule has 88 valence electrons. The first-order valence-corrected chi connectivity index (χ1v) is 4.98. The standard InChI is InChI=1S/C9H9ClN6O/c10-4-1-2-6(5(11)3-4)13-9-7(8(12)17)14-16-15-9/h1-3H,11H2,(H2,12,17)(H2,13,14,15,16). The summed E-state index contributed by atoms with van der Waals surface area (Å²) in [6, 6.07) is 4.90. The maximum Gasteiger partial charge on any atom is 0.273 e. The third-order valence-corrected chi connectivity index (χ3v) is 2.28. The van der Waals surface area contributed by atoms with Crippen molar-refractivity contribution in [1.29, 1.82) is 0 Å². The van der Waals surface area contributed by atoms with Gasteiger partial charge in [0, 0.05) is 5.02 Å². The Morgan fingerprint density at radius 2 is 2.18 bits per heavy atom. The van der Waals surface area contributed by atoms with E-state index < -0.39 is 5.91 Å². The van der Waals surface area contributed by atoms with Crippen molar-refractivity contribution >= 4 is 34.7 Å². The molecule has 1 amide bonds. The zero-order chi connectivity index (χ0) is 12.4. The molecule has 0 atom stereocenters. The lowest BCUT2D eigenvalue weighted by atomic mass is 10.2. The lowest BCUT2D eigenvalue weighted by Crippen LogP contribution is -2.13. The maximum atomic E-state index is 11.0. The summed E-state index contributed by atoms with van der Waals surface area (Å²) in [5.74, 6) is -0.472. The van der Waals surface area contributed by atoms with Crippen molar-refractivity contribution in [3.05, 3.63) is 28.9 Å². The summed E-state index contributed by atoms with van der Waals surface area (Å²) in [7, 11) is 0. The van der Waals surface area contributed by atoms with E-state index in [-0.39, 0.29) is 11.5 Å². The van der Waals surface area contributed by atoms with E-state index >= 15 is 0 Å². The minimum atomic E-state index is -0.686. The van der Waals surface area contributed by atoms with E-state index in [1.165, 1.54) is 0 Å². The predicted octanol–water partition coefficient (Wildman–Crippen LogP) is 0.883. The molecule has 0 aliphatic rings. The van der Waals surface area contributed by atoms with Gasteiger partial charge in [-0.2, -0.15) is 5.21 Å². The molecule has 0 saturated heterocycles. The van der Waals surface area contributed by atoms with Crippen LogP contribution in [-0.4, -0.2) is 21.3 Å². The molecule has 0 saturated carbocycles. The Morgan fingerprint density at radius 1 is 1.41 bits per heavy atom. The summed E-state index contributed by atoms with van der Waals surface area (Å²) < 4.78 is 0. The van der Waals surface area contributed by atoms with Crippen LogP contribution < -0.4 is 16.8 Å². The number of nitrogen functional groups attached to an aromatic ring is 1. The molecule has 0 aliphatic heterocycles. The molecule has 2 aromatic rings. The van der Waals surface area contributed by atoms with Gasteiger partial charge >= 0.3 is 0 Å². The van der Waals surface area contributed by atoms with Crippen LogP contribution in [0.1, 0.15) is 10.5 Å². The normalized spacial score (nSPS) is 10.2. The number of aromatic nitrogens is 3. The molecule has 2 rings (SSSR count). The highest BCUT2D eigenvalue weighted by atomic mass is 35.5. The van der Waals surface area contributed by atoms with Crippen molar-refractivity contribution in [3.8, 4) is 0 Å². The lowest BCUT2D eigenvalue weighted by Gasteiger charge is -2.07. The van der Waals surface area contributed by atoms with E-state index in [9.17, 15) is 4.79 Å². The Kier molecular flexibility index (Phi) is 2.84. The van der Waals surface area contributed by atoms with Crippen LogP contribution in [0.25, 0.3) is 0 Å². The van der Waals surface area contributed by atoms with Gasteiger partial charge in [-0.05, 0) is 18.2 Å². The molecule has 1 aromatic heterocycles. The molecule has 7 nitrogen and oxygen atoms in total. The van der Waals surface area contributed by atoms with Crippen molar-refractivity contribution in [2.45, 2.75) is 0 Å².